The van der Waals surface area contributed by atoms with Gasteiger partial charge in [-0.15, -0.1) is 11.6 Å². The maximum atomic E-state index is 13.8. The first-order valence-corrected chi connectivity index (χ1v) is 12.7. The van der Waals surface area contributed by atoms with Crippen molar-refractivity contribution in [2.24, 2.45) is 0 Å². The molecule has 5 rings (SSSR count). The van der Waals surface area contributed by atoms with Gasteiger partial charge in [0.25, 0.3) is 5.56 Å². The van der Waals surface area contributed by atoms with Crippen LogP contribution < -0.4 is 10.3 Å². The second-order valence-electron chi connectivity index (χ2n) is 8.87. The molecule has 1 unspecified atom stereocenters. The molecule has 38 heavy (non-hydrogen) atoms. The zero-order valence-corrected chi connectivity index (χ0v) is 21.2. The Kier molecular flexibility index (Phi) is 7.64. The summed E-state index contributed by atoms with van der Waals surface area (Å²) in [5.41, 5.74) is 0.310. The highest BCUT2D eigenvalue weighted by atomic mass is 35.5. The van der Waals surface area contributed by atoms with E-state index >= 15 is 0 Å². The van der Waals surface area contributed by atoms with Crippen LogP contribution in [0.15, 0.2) is 53.3 Å². The van der Waals surface area contributed by atoms with Crippen molar-refractivity contribution < 1.29 is 37.7 Å². The van der Waals surface area contributed by atoms with Crippen LogP contribution in [0.4, 0.5) is 4.39 Å². The van der Waals surface area contributed by atoms with Crippen molar-refractivity contribution in [1.82, 2.24) is 4.57 Å². The molecule has 2 fully saturated rings. The van der Waals surface area contributed by atoms with Crippen molar-refractivity contribution in [2.45, 2.75) is 37.9 Å². The maximum Gasteiger partial charge on any atom is 0.347 e. The lowest BCUT2D eigenvalue weighted by Crippen LogP contribution is -2.37. The average Bonchev–Trinajstić information content (AvgIpc) is 3.50. The average molecular weight is 546 g/mol. The molecular weight excluding hydrogens is 521 g/mol. The fourth-order valence-electron chi connectivity index (χ4n) is 4.80. The zero-order chi connectivity index (χ0) is 26.8. The molecule has 0 amide bonds. The number of fused-ring (bicyclic) bond motifs is 2. The summed E-state index contributed by atoms with van der Waals surface area (Å²) in [4.78, 5) is 38.5. The summed E-state index contributed by atoms with van der Waals surface area (Å²) in [6.07, 6.45) is -2.52. The first-order valence-electron chi connectivity index (χ1n) is 12.1. The number of halogens is 2. The van der Waals surface area contributed by atoms with Crippen molar-refractivity contribution in [3.63, 3.8) is 0 Å². The highest BCUT2D eigenvalue weighted by Crippen LogP contribution is 2.35. The van der Waals surface area contributed by atoms with E-state index in [0.717, 1.165) is 0 Å². The minimum absolute atomic E-state index is 0.0521. The third-order valence-electron chi connectivity index (χ3n) is 6.48. The van der Waals surface area contributed by atoms with Crippen molar-refractivity contribution >= 4 is 34.4 Å². The van der Waals surface area contributed by atoms with Gasteiger partial charge in [0.1, 0.15) is 29.7 Å². The van der Waals surface area contributed by atoms with E-state index in [1.165, 1.54) is 16.7 Å². The van der Waals surface area contributed by atoms with Crippen LogP contribution in [-0.4, -0.2) is 66.6 Å². The van der Waals surface area contributed by atoms with E-state index in [9.17, 15) is 18.8 Å². The number of benzene rings is 2. The molecule has 3 heterocycles. The number of esters is 2. The minimum atomic E-state index is -0.831. The van der Waals surface area contributed by atoms with Crippen molar-refractivity contribution in [3.05, 3.63) is 75.8 Å². The van der Waals surface area contributed by atoms with Gasteiger partial charge in [-0.2, -0.15) is 0 Å². The van der Waals surface area contributed by atoms with Crippen LogP contribution in [0.1, 0.15) is 22.8 Å². The van der Waals surface area contributed by atoms with Crippen molar-refractivity contribution in [2.75, 3.05) is 25.7 Å². The highest BCUT2D eigenvalue weighted by Gasteiger charge is 2.51. The van der Waals surface area contributed by atoms with E-state index in [1.807, 2.05) is 0 Å². The normalized spacial score (nSPS) is 22.3. The van der Waals surface area contributed by atoms with Gasteiger partial charge in [0, 0.05) is 5.39 Å². The first-order chi connectivity index (χ1) is 18.4. The number of hydrogen-bond acceptors (Lipinski definition) is 8. The number of alkyl halides is 1. The lowest BCUT2D eigenvalue weighted by molar-refractivity contribution is -0.150. The van der Waals surface area contributed by atoms with Gasteiger partial charge in [-0.3, -0.25) is 9.59 Å². The SMILES string of the molecule is CCOC(=O)c1c(OC2CO[C@@H]3[C@@H](OC(=O)CCl)CO[C@H]23)c2ccccc2n(Cc2ccc(F)cc2)c1=O. The van der Waals surface area contributed by atoms with Gasteiger partial charge in [0.15, 0.2) is 17.8 Å². The minimum Gasteiger partial charge on any atom is -0.483 e. The molecular formula is C27H25ClFNO8. The molecule has 0 N–H and O–H groups in total. The molecule has 2 aliphatic rings. The van der Waals surface area contributed by atoms with E-state index in [0.29, 0.717) is 16.5 Å². The molecule has 0 saturated carbocycles. The fraction of sp³-hybridized carbons (Fsp3) is 0.370. The second-order valence-corrected chi connectivity index (χ2v) is 9.14. The summed E-state index contributed by atoms with van der Waals surface area (Å²) in [6.45, 7) is 1.97. The van der Waals surface area contributed by atoms with Crippen molar-refractivity contribution in [1.29, 1.82) is 0 Å². The van der Waals surface area contributed by atoms with Gasteiger partial charge in [0.2, 0.25) is 0 Å². The molecule has 2 aliphatic heterocycles. The Labute approximate surface area is 221 Å². The Morgan fingerprint density at radius 2 is 1.74 bits per heavy atom. The Bertz CT molecular complexity index is 1410. The number of carbonyl (C=O) groups excluding carboxylic acids is 2. The van der Waals surface area contributed by atoms with E-state index in [-0.39, 0.29) is 43.6 Å². The van der Waals surface area contributed by atoms with Crippen LogP contribution in [0.5, 0.6) is 5.75 Å². The predicted molar refractivity (Wildman–Crippen MR) is 134 cm³/mol. The number of nitrogens with zero attached hydrogens (tertiary/aromatic N) is 1. The largest absolute Gasteiger partial charge is 0.483 e. The van der Waals surface area contributed by atoms with Gasteiger partial charge < -0.3 is 28.3 Å². The molecule has 2 aromatic carbocycles. The topological polar surface area (TPSA) is 102 Å². The van der Waals surface area contributed by atoms with Crippen LogP contribution >= 0.6 is 11.6 Å². The van der Waals surface area contributed by atoms with E-state index < -0.39 is 47.7 Å². The number of pyridine rings is 1. The third kappa shape index (κ3) is 4.99. The number of ether oxygens (including phenoxy) is 5. The molecule has 2 saturated heterocycles. The summed E-state index contributed by atoms with van der Waals surface area (Å²) in [5.74, 6) is -2.06. The number of hydrogen-bond donors (Lipinski definition) is 0. The number of carbonyl (C=O) groups is 2. The highest BCUT2D eigenvalue weighted by molar-refractivity contribution is 6.26. The molecule has 3 aromatic rings. The summed E-state index contributed by atoms with van der Waals surface area (Å²) in [6, 6.07) is 12.8. The Morgan fingerprint density at radius 3 is 2.45 bits per heavy atom. The van der Waals surface area contributed by atoms with Crippen LogP contribution in [0.3, 0.4) is 0 Å². The Balaban J connectivity index is 1.55. The Hall–Kier alpha value is -3.47. The van der Waals surface area contributed by atoms with Crippen LogP contribution in [0.2, 0.25) is 0 Å². The molecule has 200 valence electrons. The second kappa shape index (κ2) is 11.1. The van der Waals surface area contributed by atoms with Crippen molar-refractivity contribution in [3.8, 4) is 5.75 Å². The fourth-order valence-corrected chi connectivity index (χ4v) is 4.86. The van der Waals surface area contributed by atoms with Gasteiger partial charge in [-0.1, -0.05) is 24.3 Å². The van der Waals surface area contributed by atoms with E-state index in [1.54, 1.807) is 43.3 Å². The predicted octanol–water partition coefficient (Wildman–Crippen LogP) is 3.06. The molecule has 4 atom stereocenters. The molecule has 0 spiro atoms. The standard InChI is InChI=1S/C27H25ClFNO8/c1-2-34-27(33)22-23(38-20-14-36-24-19(13-35-25(20)24)37-21(31)11-28)17-5-3-4-6-18(17)30(26(22)32)12-15-7-9-16(29)10-8-15/h3-10,19-20,24-25H,2,11-14H2,1H3/t19-,20?,24+,25+/m0/s1. The van der Waals surface area contributed by atoms with E-state index in [2.05, 4.69) is 0 Å². The van der Waals surface area contributed by atoms with Crippen LogP contribution in [0, 0.1) is 5.82 Å². The Morgan fingerprint density at radius 1 is 1.05 bits per heavy atom. The molecule has 0 radical (unpaired) electrons. The lowest BCUT2D eigenvalue weighted by atomic mass is 10.1. The molecule has 0 aliphatic carbocycles. The third-order valence-corrected chi connectivity index (χ3v) is 6.70. The van der Waals surface area contributed by atoms with E-state index in [4.69, 9.17) is 35.3 Å². The van der Waals surface area contributed by atoms with Gasteiger partial charge in [0.05, 0.1) is 31.9 Å². The summed E-state index contributed by atoms with van der Waals surface area (Å²) in [5, 5.41) is 0.504. The summed E-state index contributed by atoms with van der Waals surface area (Å²) >= 11 is 5.55. The number of para-hydroxylation sites is 1. The molecule has 9 nitrogen and oxygen atoms in total. The van der Waals surface area contributed by atoms with Gasteiger partial charge >= 0.3 is 11.9 Å². The van der Waals surface area contributed by atoms with Crippen LogP contribution in [0.25, 0.3) is 10.9 Å². The smallest absolute Gasteiger partial charge is 0.347 e. The summed E-state index contributed by atoms with van der Waals surface area (Å²) < 4.78 is 43.4. The maximum absolute atomic E-state index is 13.8. The summed E-state index contributed by atoms with van der Waals surface area (Å²) in [7, 11) is 0. The number of rotatable bonds is 8. The quantitative estimate of drug-likeness (QED) is 0.314. The molecule has 1 aromatic heterocycles. The van der Waals surface area contributed by atoms with Crippen LogP contribution in [-0.2, 0) is 30.3 Å². The lowest BCUT2D eigenvalue weighted by Gasteiger charge is -2.22. The molecule has 11 heteroatoms. The number of aromatic nitrogens is 1. The molecule has 0 bridgehead atoms. The zero-order valence-electron chi connectivity index (χ0n) is 20.4. The monoisotopic (exact) mass is 545 g/mol. The first kappa shape index (κ1) is 26.1. The van der Waals surface area contributed by atoms with Gasteiger partial charge in [-0.25, -0.2) is 9.18 Å². The van der Waals surface area contributed by atoms with Gasteiger partial charge in [-0.05, 0) is 36.8 Å².